The molecule has 0 bridgehead atoms. The smallest absolute Gasteiger partial charge is 0.439 e. The van der Waals surface area contributed by atoms with Crippen LogP contribution in [-0.2, 0) is 6.42 Å². The van der Waals surface area contributed by atoms with Gasteiger partial charge in [0.05, 0.1) is 24.4 Å². The van der Waals surface area contributed by atoms with Crippen molar-refractivity contribution in [1.82, 2.24) is 4.98 Å². The third-order valence-corrected chi connectivity index (χ3v) is 6.94. The van der Waals surface area contributed by atoms with Crippen molar-refractivity contribution in [1.29, 1.82) is 0 Å². The van der Waals surface area contributed by atoms with E-state index in [1.165, 1.54) is 7.11 Å². The van der Waals surface area contributed by atoms with Crippen molar-refractivity contribution < 1.29 is 23.0 Å². The topological polar surface area (TPSA) is 58.0 Å². The van der Waals surface area contributed by atoms with Gasteiger partial charge in [-0.1, -0.05) is 23.7 Å². The maximum Gasteiger partial charge on any atom is 0.439 e. The third-order valence-electron chi connectivity index (χ3n) is 5.87. The lowest BCUT2D eigenvalue weighted by Gasteiger charge is -2.38. The Bertz CT molecular complexity index is 1210. The fourth-order valence-corrected chi connectivity index (χ4v) is 5.21. The van der Waals surface area contributed by atoms with Gasteiger partial charge in [-0.15, -0.1) is 11.3 Å². The van der Waals surface area contributed by atoms with Crippen molar-refractivity contribution in [2.75, 3.05) is 12.1 Å². The molecule has 0 fully saturated rings. The van der Waals surface area contributed by atoms with Gasteiger partial charge in [0, 0.05) is 21.5 Å². The molecule has 2 aromatic carbocycles. The third kappa shape index (κ3) is 3.18. The molecular formula is C22H17ClF3N3O2S. The van der Waals surface area contributed by atoms with Crippen LogP contribution >= 0.6 is 22.9 Å². The first-order valence-corrected chi connectivity index (χ1v) is 11.0. The summed E-state index contributed by atoms with van der Waals surface area (Å²) in [5.41, 5.74) is -0.374. The van der Waals surface area contributed by atoms with E-state index in [1.54, 1.807) is 47.8 Å². The Morgan fingerprint density at radius 1 is 1.22 bits per heavy atom. The number of hydrazone groups is 1. The van der Waals surface area contributed by atoms with E-state index >= 15 is 0 Å². The number of rotatable bonds is 3. The summed E-state index contributed by atoms with van der Waals surface area (Å²) in [6, 6.07) is 12.0. The first-order valence-electron chi connectivity index (χ1n) is 9.79. The Balaban J connectivity index is 1.60. The van der Waals surface area contributed by atoms with E-state index in [1.807, 2.05) is 0 Å². The maximum atomic E-state index is 14.3. The van der Waals surface area contributed by atoms with Crippen LogP contribution in [0.1, 0.15) is 17.5 Å². The second-order valence-corrected chi connectivity index (χ2v) is 8.93. The van der Waals surface area contributed by atoms with Crippen LogP contribution in [-0.4, -0.2) is 34.8 Å². The zero-order valence-electron chi connectivity index (χ0n) is 16.7. The summed E-state index contributed by atoms with van der Waals surface area (Å²) < 4.78 is 48.1. The van der Waals surface area contributed by atoms with Crippen molar-refractivity contribution >= 4 is 33.8 Å². The molecule has 0 spiro atoms. The second kappa shape index (κ2) is 7.47. The van der Waals surface area contributed by atoms with E-state index < -0.39 is 17.8 Å². The molecule has 0 saturated heterocycles. The van der Waals surface area contributed by atoms with Crippen LogP contribution in [0.4, 0.5) is 18.3 Å². The highest BCUT2D eigenvalue weighted by atomic mass is 35.5. The molecular weight excluding hydrogens is 463 g/mol. The van der Waals surface area contributed by atoms with Crippen LogP contribution in [0, 0.1) is 5.92 Å². The summed E-state index contributed by atoms with van der Waals surface area (Å²) in [5.74, 6) is -0.609. The van der Waals surface area contributed by atoms with Crippen LogP contribution in [0.15, 0.2) is 52.9 Å². The number of aryl methyl sites for hydroxylation is 1. The molecule has 10 heteroatoms. The fraction of sp³-hybridized carbons (Fsp3) is 0.273. The largest absolute Gasteiger partial charge is 0.497 e. The molecule has 2 heterocycles. The van der Waals surface area contributed by atoms with E-state index in [0.29, 0.717) is 39.0 Å². The molecule has 1 aromatic heterocycles. The van der Waals surface area contributed by atoms with Crippen molar-refractivity contribution in [3.05, 3.63) is 64.0 Å². The highest BCUT2D eigenvalue weighted by Gasteiger charge is 2.68. The standard InChI is InChI=1S/C22H17ClF3N3O2S/c1-31-15-7-8-16-13(10-15)4-9-17-19(16)28-29(21(17,30)22(24,25)26)20-27-18(11-32-20)12-2-5-14(23)6-3-12/h2-3,5-8,10-11,17,30H,4,9H2,1H3/t17-,21+/m1/s1. The van der Waals surface area contributed by atoms with E-state index in [-0.39, 0.29) is 17.3 Å². The highest BCUT2D eigenvalue weighted by molar-refractivity contribution is 7.14. The minimum Gasteiger partial charge on any atom is -0.497 e. The Labute approximate surface area is 190 Å². The molecule has 2 aliphatic rings. The lowest BCUT2D eigenvalue weighted by atomic mass is 9.77. The molecule has 5 nitrogen and oxygen atoms in total. The maximum absolute atomic E-state index is 14.3. The number of ether oxygens (including phenoxy) is 1. The van der Waals surface area contributed by atoms with Crippen LogP contribution in [0.25, 0.3) is 11.3 Å². The monoisotopic (exact) mass is 479 g/mol. The summed E-state index contributed by atoms with van der Waals surface area (Å²) in [4.78, 5) is 4.36. The minimum atomic E-state index is -4.95. The zero-order chi connectivity index (χ0) is 22.7. The van der Waals surface area contributed by atoms with Gasteiger partial charge < -0.3 is 9.84 Å². The Kier molecular flexibility index (Phi) is 4.96. The molecule has 0 unspecified atom stereocenters. The van der Waals surface area contributed by atoms with Gasteiger partial charge in [0.2, 0.25) is 5.13 Å². The van der Waals surface area contributed by atoms with Gasteiger partial charge in [0.25, 0.3) is 5.72 Å². The predicted octanol–water partition coefficient (Wildman–Crippen LogP) is 5.51. The zero-order valence-corrected chi connectivity index (χ0v) is 18.3. The first-order chi connectivity index (χ1) is 15.2. The number of thiazole rings is 1. The number of aromatic nitrogens is 1. The van der Waals surface area contributed by atoms with Gasteiger partial charge in [0.15, 0.2) is 0 Å². The molecule has 5 rings (SSSR count). The normalized spacial score (nSPS) is 22.4. The lowest BCUT2D eigenvalue weighted by Crippen LogP contribution is -2.60. The van der Waals surface area contributed by atoms with E-state index in [2.05, 4.69) is 10.1 Å². The van der Waals surface area contributed by atoms with Crippen molar-refractivity contribution in [2.24, 2.45) is 11.0 Å². The number of benzene rings is 2. The van der Waals surface area contributed by atoms with Crippen molar-refractivity contribution in [3.8, 4) is 17.0 Å². The summed E-state index contributed by atoms with van der Waals surface area (Å²) in [7, 11) is 1.53. The van der Waals surface area contributed by atoms with Crippen LogP contribution in [0.3, 0.4) is 0 Å². The number of hydrogen-bond donors (Lipinski definition) is 1. The molecule has 1 aliphatic heterocycles. The van der Waals surface area contributed by atoms with E-state index in [9.17, 15) is 18.3 Å². The molecule has 2 atom stereocenters. The molecule has 3 aromatic rings. The summed E-state index contributed by atoms with van der Waals surface area (Å²) in [6.45, 7) is 0. The van der Waals surface area contributed by atoms with Gasteiger partial charge in [-0.3, -0.25) is 0 Å². The Hall–Kier alpha value is -2.62. The van der Waals surface area contributed by atoms with Crippen molar-refractivity contribution in [3.63, 3.8) is 0 Å². The minimum absolute atomic E-state index is 0.0354. The summed E-state index contributed by atoms with van der Waals surface area (Å²) >= 11 is 6.91. The second-order valence-electron chi connectivity index (χ2n) is 7.66. The molecule has 32 heavy (non-hydrogen) atoms. The molecule has 0 radical (unpaired) electrons. The van der Waals surface area contributed by atoms with Crippen LogP contribution in [0.2, 0.25) is 5.02 Å². The van der Waals surface area contributed by atoms with Crippen LogP contribution in [0.5, 0.6) is 5.75 Å². The number of methoxy groups -OCH3 is 1. The molecule has 166 valence electrons. The average Bonchev–Trinajstić information content (AvgIpc) is 3.37. The molecule has 0 amide bonds. The number of alkyl halides is 3. The summed E-state index contributed by atoms with van der Waals surface area (Å²) in [5, 5.41) is 18.2. The van der Waals surface area contributed by atoms with Crippen molar-refractivity contribution in [2.45, 2.75) is 24.7 Å². The predicted molar refractivity (Wildman–Crippen MR) is 117 cm³/mol. The molecule has 1 N–H and O–H groups in total. The molecule has 0 saturated carbocycles. The van der Waals surface area contributed by atoms with Gasteiger partial charge in [-0.2, -0.15) is 23.3 Å². The number of halogens is 4. The number of fused-ring (bicyclic) bond motifs is 3. The number of hydrogen-bond acceptors (Lipinski definition) is 6. The lowest BCUT2D eigenvalue weighted by molar-refractivity contribution is -0.268. The average molecular weight is 480 g/mol. The molecule has 1 aliphatic carbocycles. The SMILES string of the molecule is COc1ccc2c(c1)CC[C@@H]1C2=NN(c2nc(-c3ccc(Cl)cc3)cs2)[C@@]1(O)C(F)(F)F. The highest BCUT2D eigenvalue weighted by Crippen LogP contribution is 2.51. The number of nitrogens with zero attached hydrogens (tertiary/aromatic N) is 3. The van der Waals surface area contributed by atoms with E-state index in [4.69, 9.17) is 16.3 Å². The first kappa shape index (κ1) is 21.2. The quantitative estimate of drug-likeness (QED) is 0.538. The van der Waals surface area contributed by atoms with E-state index in [0.717, 1.165) is 16.9 Å². The van der Waals surface area contributed by atoms with Gasteiger partial charge >= 0.3 is 6.18 Å². The summed E-state index contributed by atoms with van der Waals surface area (Å²) in [6.07, 6.45) is -4.48. The Morgan fingerprint density at radius 2 is 1.97 bits per heavy atom. The fourth-order valence-electron chi connectivity index (χ4n) is 4.25. The number of anilines is 1. The van der Waals surface area contributed by atoms with Gasteiger partial charge in [-0.25, -0.2) is 4.98 Å². The van der Waals surface area contributed by atoms with Gasteiger partial charge in [-0.05, 0) is 48.7 Å². The number of aliphatic hydroxyl groups is 1. The Morgan fingerprint density at radius 3 is 2.66 bits per heavy atom. The van der Waals surface area contributed by atoms with Crippen LogP contribution < -0.4 is 9.75 Å². The van der Waals surface area contributed by atoms with Gasteiger partial charge in [0.1, 0.15) is 5.75 Å².